The van der Waals surface area contributed by atoms with Crippen molar-refractivity contribution in [3.63, 3.8) is 0 Å². The molecule has 0 aliphatic heterocycles. The third kappa shape index (κ3) is 2.74. The number of nitrogens with zero attached hydrogens (tertiary/aromatic N) is 1. The molecule has 2 rings (SSSR count). The molecule has 4 heteroatoms. The minimum absolute atomic E-state index is 0.174. The Morgan fingerprint density at radius 2 is 2.25 bits per heavy atom. The van der Waals surface area contributed by atoms with Gasteiger partial charge in [0.1, 0.15) is 16.9 Å². The van der Waals surface area contributed by atoms with Crippen molar-refractivity contribution < 1.29 is 4.74 Å². The molecule has 0 amide bonds. The van der Waals surface area contributed by atoms with Crippen LogP contribution in [0.1, 0.15) is 50.1 Å². The molecular formula is C12H20N2OS. The fourth-order valence-corrected chi connectivity index (χ4v) is 3.30. The van der Waals surface area contributed by atoms with Crippen LogP contribution in [0.4, 0.5) is 5.82 Å². The third-order valence-corrected chi connectivity index (χ3v) is 4.13. The SMILES string of the molecule is CCOC(c1nc(N)cs1)C1CCCCC1. The van der Waals surface area contributed by atoms with Crippen LogP contribution >= 0.6 is 11.3 Å². The van der Waals surface area contributed by atoms with Gasteiger partial charge >= 0.3 is 0 Å². The first-order chi connectivity index (χ1) is 7.81. The quantitative estimate of drug-likeness (QED) is 0.877. The first kappa shape index (κ1) is 11.9. The highest BCUT2D eigenvalue weighted by molar-refractivity contribution is 7.10. The van der Waals surface area contributed by atoms with Gasteiger partial charge in [0.2, 0.25) is 0 Å². The summed E-state index contributed by atoms with van der Waals surface area (Å²) in [5.74, 6) is 1.26. The molecule has 1 heterocycles. The van der Waals surface area contributed by atoms with E-state index in [1.807, 2.05) is 12.3 Å². The number of rotatable bonds is 4. The van der Waals surface area contributed by atoms with Gasteiger partial charge in [0.25, 0.3) is 0 Å². The molecule has 1 fully saturated rings. The Morgan fingerprint density at radius 1 is 1.50 bits per heavy atom. The minimum atomic E-state index is 0.174. The van der Waals surface area contributed by atoms with E-state index < -0.39 is 0 Å². The average molecular weight is 240 g/mol. The molecule has 1 aromatic rings. The number of hydrogen-bond donors (Lipinski definition) is 1. The van der Waals surface area contributed by atoms with Gasteiger partial charge in [-0.25, -0.2) is 4.98 Å². The van der Waals surface area contributed by atoms with Crippen LogP contribution < -0.4 is 5.73 Å². The van der Waals surface area contributed by atoms with E-state index in [4.69, 9.17) is 10.5 Å². The second-order valence-corrected chi connectivity index (χ2v) is 5.27. The number of nitrogens with two attached hydrogens (primary N) is 1. The molecule has 0 radical (unpaired) electrons. The molecule has 0 aromatic carbocycles. The zero-order valence-electron chi connectivity index (χ0n) is 9.82. The molecule has 3 nitrogen and oxygen atoms in total. The summed E-state index contributed by atoms with van der Waals surface area (Å²) >= 11 is 1.63. The highest BCUT2D eigenvalue weighted by Gasteiger charge is 2.27. The molecule has 1 aliphatic carbocycles. The Hall–Kier alpha value is -0.610. The molecule has 90 valence electrons. The fourth-order valence-electron chi connectivity index (χ4n) is 2.46. The lowest BCUT2D eigenvalue weighted by Gasteiger charge is -2.28. The van der Waals surface area contributed by atoms with Crippen molar-refractivity contribution in [3.8, 4) is 0 Å². The van der Waals surface area contributed by atoms with Crippen LogP contribution in [0.5, 0.6) is 0 Å². The Balaban J connectivity index is 2.09. The fraction of sp³-hybridized carbons (Fsp3) is 0.750. The number of thiazole rings is 1. The van der Waals surface area contributed by atoms with E-state index >= 15 is 0 Å². The summed E-state index contributed by atoms with van der Waals surface area (Å²) in [6, 6.07) is 0. The van der Waals surface area contributed by atoms with Gasteiger partial charge in [-0.3, -0.25) is 0 Å². The lowest BCUT2D eigenvalue weighted by Crippen LogP contribution is -2.19. The van der Waals surface area contributed by atoms with Crippen LogP contribution in [0.3, 0.4) is 0 Å². The second kappa shape index (κ2) is 5.64. The van der Waals surface area contributed by atoms with Gasteiger partial charge < -0.3 is 10.5 Å². The average Bonchev–Trinajstić information content (AvgIpc) is 2.74. The molecule has 16 heavy (non-hydrogen) atoms. The summed E-state index contributed by atoms with van der Waals surface area (Å²) in [5.41, 5.74) is 5.69. The second-order valence-electron chi connectivity index (χ2n) is 4.38. The smallest absolute Gasteiger partial charge is 0.134 e. The number of aromatic nitrogens is 1. The number of hydrogen-bond acceptors (Lipinski definition) is 4. The topological polar surface area (TPSA) is 48.1 Å². The van der Waals surface area contributed by atoms with Gasteiger partial charge in [0.15, 0.2) is 0 Å². The minimum Gasteiger partial charge on any atom is -0.383 e. The number of anilines is 1. The molecular weight excluding hydrogens is 220 g/mol. The van der Waals surface area contributed by atoms with Crippen LogP contribution in [0.15, 0.2) is 5.38 Å². The molecule has 2 N–H and O–H groups in total. The summed E-state index contributed by atoms with van der Waals surface area (Å²) in [6.07, 6.45) is 6.74. The van der Waals surface area contributed by atoms with Crippen LogP contribution in [0.2, 0.25) is 0 Å². The van der Waals surface area contributed by atoms with Crippen molar-refractivity contribution in [2.75, 3.05) is 12.3 Å². The van der Waals surface area contributed by atoms with Gasteiger partial charge in [-0.15, -0.1) is 11.3 Å². The lowest BCUT2D eigenvalue weighted by molar-refractivity contribution is 0.00557. The van der Waals surface area contributed by atoms with Crippen molar-refractivity contribution >= 4 is 17.2 Å². The van der Waals surface area contributed by atoms with Crippen LogP contribution in [-0.4, -0.2) is 11.6 Å². The first-order valence-electron chi connectivity index (χ1n) is 6.13. The predicted molar refractivity (Wildman–Crippen MR) is 67.5 cm³/mol. The van der Waals surface area contributed by atoms with E-state index in [-0.39, 0.29) is 6.10 Å². The zero-order chi connectivity index (χ0) is 11.4. The van der Waals surface area contributed by atoms with E-state index in [1.54, 1.807) is 11.3 Å². The molecule has 0 spiro atoms. The van der Waals surface area contributed by atoms with Crippen molar-refractivity contribution in [3.05, 3.63) is 10.4 Å². The van der Waals surface area contributed by atoms with E-state index in [1.165, 1.54) is 32.1 Å². The molecule has 1 saturated carbocycles. The molecule has 1 atom stereocenters. The highest BCUT2D eigenvalue weighted by Crippen LogP contribution is 2.38. The Labute approximate surface area is 101 Å². The summed E-state index contributed by atoms with van der Waals surface area (Å²) in [5, 5.41) is 2.97. The normalized spacial score (nSPS) is 19.8. The highest BCUT2D eigenvalue weighted by atomic mass is 32.1. The first-order valence-corrected chi connectivity index (χ1v) is 7.01. The Kier molecular flexibility index (Phi) is 4.18. The molecule has 0 bridgehead atoms. The van der Waals surface area contributed by atoms with Crippen molar-refractivity contribution in [2.45, 2.75) is 45.1 Å². The zero-order valence-corrected chi connectivity index (χ0v) is 10.6. The summed E-state index contributed by atoms with van der Waals surface area (Å²) < 4.78 is 5.87. The van der Waals surface area contributed by atoms with Gasteiger partial charge in [-0.05, 0) is 25.7 Å². The van der Waals surface area contributed by atoms with Crippen molar-refractivity contribution in [1.29, 1.82) is 0 Å². The molecule has 1 aromatic heterocycles. The lowest BCUT2D eigenvalue weighted by atomic mass is 9.85. The monoisotopic (exact) mass is 240 g/mol. The summed E-state index contributed by atoms with van der Waals surface area (Å²) in [4.78, 5) is 4.38. The molecule has 1 unspecified atom stereocenters. The van der Waals surface area contributed by atoms with E-state index in [0.717, 1.165) is 11.6 Å². The van der Waals surface area contributed by atoms with E-state index in [2.05, 4.69) is 4.98 Å². The van der Waals surface area contributed by atoms with Gasteiger partial charge in [-0.2, -0.15) is 0 Å². The van der Waals surface area contributed by atoms with Crippen LogP contribution in [0.25, 0.3) is 0 Å². The van der Waals surface area contributed by atoms with Crippen molar-refractivity contribution in [1.82, 2.24) is 4.98 Å². The third-order valence-electron chi connectivity index (χ3n) is 3.21. The molecule has 1 aliphatic rings. The Bertz CT molecular complexity index is 321. The number of nitrogen functional groups attached to an aromatic ring is 1. The van der Waals surface area contributed by atoms with E-state index in [9.17, 15) is 0 Å². The summed E-state index contributed by atoms with van der Waals surface area (Å²) in [7, 11) is 0. The maximum Gasteiger partial charge on any atom is 0.134 e. The van der Waals surface area contributed by atoms with E-state index in [0.29, 0.717) is 11.7 Å². The van der Waals surface area contributed by atoms with Gasteiger partial charge in [0, 0.05) is 12.0 Å². The molecule has 0 saturated heterocycles. The largest absolute Gasteiger partial charge is 0.383 e. The van der Waals surface area contributed by atoms with Gasteiger partial charge in [0.05, 0.1) is 0 Å². The van der Waals surface area contributed by atoms with Crippen LogP contribution in [0, 0.1) is 5.92 Å². The number of ether oxygens (including phenoxy) is 1. The summed E-state index contributed by atoms with van der Waals surface area (Å²) in [6.45, 7) is 2.80. The van der Waals surface area contributed by atoms with Crippen molar-refractivity contribution in [2.24, 2.45) is 5.92 Å². The Morgan fingerprint density at radius 3 is 2.81 bits per heavy atom. The maximum absolute atomic E-state index is 5.87. The van der Waals surface area contributed by atoms with Gasteiger partial charge in [-0.1, -0.05) is 19.3 Å². The maximum atomic E-state index is 5.87. The van der Waals surface area contributed by atoms with Crippen LogP contribution in [-0.2, 0) is 4.74 Å². The predicted octanol–water partition coefficient (Wildman–Crippen LogP) is 3.38. The standard InChI is InChI=1S/C12H20N2OS/c1-2-15-11(9-6-4-3-5-7-9)12-14-10(13)8-16-12/h8-9,11H,2-7,13H2,1H3.